The first-order valence-corrected chi connectivity index (χ1v) is 6.99. The number of nitrogens with one attached hydrogen (secondary N) is 1. The molecule has 0 aliphatic carbocycles. The maximum absolute atomic E-state index is 12.3. The molecule has 0 unspecified atom stereocenters. The maximum Gasteiger partial charge on any atom is 0.251 e. The number of amides is 1. The molecule has 2 aromatic rings. The number of benzene rings is 1. The number of hydrogen-bond acceptors (Lipinski definition) is 5. The van der Waals surface area contributed by atoms with E-state index in [4.69, 9.17) is 9.47 Å². The monoisotopic (exact) mass is 301 g/mol. The molecule has 0 spiro atoms. The first-order valence-electron chi connectivity index (χ1n) is 6.99. The fourth-order valence-corrected chi connectivity index (χ4v) is 1.86. The van der Waals surface area contributed by atoms with Crippen molar-refractivity contribution in [3.05, 3.63) is 54.1 Å². The van der Waals surface area contributed by atoms with E-state index in [1.807, 2.05) is 6.92 Å². The number of ether oxygens (including phenoxy) is 2. The molecule has 22 heavy (non-hydrogen) atoms. The Morgan fingerprint density at radius 1 is 1.32 bits per heavy atom. The molecule has 1 heterocycles. The molecule has 0 aliphatic heterocycles. The zero-order chi connectivity index (χ0) is 15.8. The third-order valence-corrected chi connectivity index (χ3v) is 3.03. The molecular formula is C16H19N3O3. The minimum atomic E-state index is -0.223. The molecule has 0 radical (unpaired) electrons. The molecule has 6 nitrogen and oxygen atoms in total. The van der Waals surface area contributed by atoms with E-state index < -0.39 is 0 Å². The van der Waals surface area contributed by atoms with Crippen molar-refractivity contribution in [2.24, 2.45) is 0 Å². The molecular weight excluding hydrogens is 282 g/mol. The summed E-state index contributed by atoms with van der Waals surface area (Å²) in [5, 5.41) is 2.89. The van der Waals surface area contributed by atoms with Crippen LogP contribution in [-0.4, -0.2) is 36.2 Å². The van der Waals surface area contributed by atoms with E-state index >= 15 is 0 Å². The first-order chi connectivity index (χ1) is 10.7. The van der Waals surface area contributed by atoms with Gasteiger partial charge in [0.05, 0.1) is 24.5 Å². The summed E-state index contributed by atoms with van der Waals surface area (Å²) in [6, 6.07) is 6.80. The highest BCUT2D eigenvalue weighted by Crippen LogP contribution is 2.15. The van der Waals surface area contributed by atoms with Gasteiger partial charge in [-0.25, -0.2) is 0 Å². The maximum atomic E-state index is 12.3. The van der Waals surface area contributed by atoms with Crippen LogP contribution >= 0.6 is 0 Å². The topological polar surface area (TPSA) is 73.3 Å². The lowest BCUT2D eigenvalue weighted by molar-refractivity contribution is 0.0938. The van der Waals surface area contributed by atoms with E-state index in [2.05, 4.69) is 15.3 Å². The van der Waals surface area contributed by atoms with Crippen molar-refractivity contribution in [2.75, 3.05) is 20.3 Å². The van der Waals surface area contributed by atoms with E-state index in [0.717, 1.165) is 0 Å². The van der Waals surface area contributed by atoms with Crippen LogP contribution in [0.4, 0.5) is 0 Å². The minimum absolute atomic E-state index is 0.185. The SMILES string of the molecule is COCCOc1cccc(C(=O)N[C@@H](C)c2cnccn2)c1. The Morgan fingerprint density at radius 2 is 2.18 bits per heavy atom. The molecule has 0 bridgehead atoms. The van der Waals surface area contributed by atoms with Gasteiger partial charge in [-0.2, -0.15) is 0 Å². The Bertz CT molecular complexity index is 605. The molecule has 1 aromatic heterocycles. The van der Waals surface area contributed by atoms with E-state index in [1.165, 1.54) is 0 Å². The predicted molar refractivity (Wildman–Crippen MR) is 81.7 cm³/mol. The zero-order valence-corrected chi connectivity index (χ0v) is 12.7. The van der Waals surface area contributed by atoms with Gasteiger partial charge in [-0.1, -0.05) is 6.07 Å². The van der Waals surface area contributed by atoms with Crippen LogP contribution in [0.1, 0.15) is 29.0 Å². The number of rotatable bonds is 7. The Balaban J connectivity index is 1.98. The molecule has 0 saturated carbocycles. The smallest absolute Gasteiger partial charge is 0.251 e. The van der Waals surface area contributed by atoms with Crippen LogP contribution in [0.25, 0.3) is 0 Å². The fraction of sp³-hybridized carbons (Fsp3) is 0.312. The molecule has 0 saturated heterocycles. The number of hydrogen-bond donors (Lipinski definition) is 1. The average Bonchev–Trinajstić information content (AvgIpc) is 2.56. The van der Waals surface area contributed by atoms with E-state index in [1.54, 1.807) is 50.0 Å². The fourth-order valence-electron chi connectivity index (χ4n) is 1.86. The highest BCUT2D eigenvalue weighted by Gasteiger charge is 2.13. The van der Waals surface area contributed by atoms with E-state index in [9.17, 15) is 4.79 Å². The predicted octanol–water partition coefficient (Wildman–Crippen LogP) is 1.99. The summed E-state index contributed by atoms with van der Waals surface area (Å²) in [5.41, 5.74) is 1.24. The summed E-state index contributed by atoms with van der Waals surface area (Å²) in [5.74, 6) is 0.451. The average molecular weight is 301 g/mol. The highest BCUT2D eigenvalue weighted by molar-refractivity contribution is 5.94. The number of aromatic nitrogens is 2. The Morgan fingerprint density at radius 3 is 2.91 bits per heavy atom. The van der Waals surface area contributed by atoms with Crippen LogP contribution in [0.5, 0.6) is 5.75 Å². The zero-order valence-electron chi connectivity index (χ0n) is 12.7. The summed E-state index contributed by atoms with van der Waals surface area (Å²) in [6.07, 6.45) is 4.83. The van der Waals surface area contributed by atoms with Crippen molar-refractivity contribution < 1.29 is 14.3 Å². The highest BCUT2D eigenvalue weighted by atomic mass is 16.5. The largest absolute Gasteiger partial charge is 0.491 e. The standard InChI is InChI=1S/C16H19N3O3/c1-12(15-11-17-6-7-18-15)19-16(20)13-4-3-5-14(10-13)22-9-8-21-2/h3-7,10-12H,8-9H2,1-2H3,(H,19,20)/t12-/m0/s1. The normalized spacial score (nSPS) is 11.7. The number of carbonyl (C=O) groups excluding carboxylic acids is 1. The van der Waals surface area contributed by atoms with Gasteiger partial charge in [-0.3, -0.25) is 14.8 Å². The first kappa shape index (κ1) is 15.9. The molecule has 1 atom stereocenters. The second kappa shape index (κ2) is 8.09. The quantitative estimate of drug-likeness (QED) is 0.792. The number of nitrogens with zero attached hydrogens (tertiary/aromatic N) is 2. The Labute approximate surface area is 129 Å². The van der Waals surface area contributed by atoms with Crippen molar-refractivity contribution in [1.82, 2.24) is 15.3 Å². The summed E-state index contributed by atoms with van der Waals surface area (Å²) >= 11 is 0. The summed E-state index contributed by atoms with van der Waals surface area (Å²) in [6.45, 7) is 2.80. The van der Waals surface area contributed by atoms with Gasteiger partial charge in [0.1, 0.15) is 12.4 Å². The van der Waals surface area contributed by atoms with Crippen LogP contribution in [-0.2, 0) is 4.74 Å². The molecule has 116 valence electrons. The summed E-state index contributed by atoms with van der Waals surface area (Å²) in [4.78, 5) is 20.4. The summed E-state index contributed by atoms with van der Waals surface area (Å²) < 4.78 is 10.4. The van der Waals surface area contributed by atoms with Crippen molar-refractivity contribution >= 4 is 5.91 Å². The van der Waals surface area contributed by atoms with Crippen LogP contribution in [0, 0.1) is 0 Å². The van der Waals surface area contributed by atoms with E-state index in [0.29, 0.717) is 30.2 Å². The Hall–Kier alpha value is -2.47. The third kappa shape index (κ3) is 4.53. The minimum Gasteiger partial charge on any atom is -0.491 e. The Kier molecular flexibility index (Phi) is 5.85. The molecule has 1 aromatic carbocycles. The van der Waals surface area contributed by atoms with E-state index in [-0.39, 0.29) is 11.9 Å². The molecule has 1 amide bonds. The van der Waals surface area contributed by atoms with Crippen molar-refractivity contribution in [3.8, 4) is 5.75 Å². The lowest BCUT2D eigenvalue weighted by atomic mass is 10.1. The van der Waals surface area contributed by atoms with Crippen molar-refractivity contribution in [1.29, 1.82) is 0 Å². The van der Waals surface area contributed by atoms with Crippen LogP contribution in [0.2, 0.25) is 0 Å². The number of methoxy groups -OCH3 is 1. The molecule has 0 fully saturated rings. The lowest BCUT2D eigenvalue weighted by Crippen LogP contribution is -2.27. The summed E-state index contributed by atoms with van der Waals surface area (Å²) in [7, 11) is 1.61. The lowest BCUT2D eigenvalue weighted by Gasteiger charge is -2.13. The van der Waals surface area contributed by atoms with Crippen molar-refractivity contribution in [2.45, 2.75) is 13.0 Å². The van der Waals surface area contributed by atoms with Crippen LogP contribution < -0.4 is 10.1 Å². The van der Waals surface area contributed by atoms with Gasteiger partial charge in [0.2, 0.25) is 0 Å². The van der Waals surface area contributed by atoms with Crippen LogP contribution in [0.15, 0.2) is 42.9 Å². The second-order valence-corrected chi connectivity index (χ2v) is 4.69. The van der Waals surface area contributed by atoms with Gasteiger partial charge in [0, 0.05) is 25.1 Å². The van der Waals surface area contributed by atoms with Gasteiger partial charge in [0.15, 0.2) is 0 Å². The second-order valence-electron chi connectivity index (χ2n) is 4.69. The molecule has 0 aliphatic rings. The van der Waals surface area contributed by atoms with Gasteiger partial charge in [-0.05, 0) is 25.1 Å². The van der Waals surface area contributed by atoms with Gasteiger partial charge in [-0.15, -0.1) is 0 Å². The molecule has 1 N–H and O–H groups in total. The third-order valence-electron chi connectivity index (χ3n) is 3.03. The number of carbonyl (C=O) groups is 1. The van der Waals surface area contributed by atoms with Gasteiger partial charge in [0.25, 0.3) is 5.91 Å². The van der Waals surface area contributed by atoms with Gasteiger partial charge >= 0.3 is 0 Å². The molecule has 6 heteroatoms. The van der Waals surface area contributed by atoms with Crippen LogP contribution in [0.3, 0.4) is 0 Å². The van der Waals surface area contributed by atoms with Gasteiger partial charge < -0.3 is 14.8 Å². The molecule has 2 rings (SSSR count). The van der Waals surface area contributed by atoms with Crippen molar-refractivity contribution in [3.63, 3.8) is 0 Å².